The summed E-state index contributed by atoms with van der Waals surface area (Å²) in [6.07, 6.45) is 3.37. The molecule has 0 unspecified atom stereocenters. The first-order chi connectivity index (χ1) is 8.34. The van der Waals surface area contributed by atoms with Gasteiger partial charge in [-0.05, 0) is 12.1 Å². The van der Waals surface area contributed by atoms with Gasteiger partial charge in [-0.25, -0.2) is 4.98 Å². The molecule has 4 heteroatoms. The van der Waals surface area contributed by atoms with E-state index in [0.29, 0.717) is 5.69 Å². The molecule has 0 bridgehead atoms. The average molecular weight is 221 g/mol. The number of benzene rings is 1. The number of nitrogens with zero attached hydrogens (tertiary/aromatic N) is 3. The van der Waals surface area contributed by atoms with Gasteiger partial charge in [0.25, 0.3) is 5.91 Å². The molecule has 0 spiro atoms. The Morgan fingerprint density at radius 1 is 1.12 bits per heavy atom. The normalized spacial score (nSPS) is 13.8. The Labute approximate surface area is 96.6 Å². The van der Waals surface area contributed by atoms with E-state index in [1.807, 2.05) is 36.5 Å². The number of hydrogen-bond acceptors (Lipinski definition) is 2. The van der Waals surface area contributed by atoms with Crippen LogP contribution in [-0.2, 0) is 0 Å². The second kappa shape index (κ2) is 2.79. The lowest BCUT2D eigenvalue weighted by molar-refractivity contribution is 0.100. The van der Waals surface area contributed by atoms with Gasteiger partial charge in [0.15, 0.2) is 0 Å². The van der Waals surface area contributed by atoms with E-state index in [1.165, 1.54) is 6.34 Å². The maximum absolute atomic E-state index is 11.7. The molecule has 3 aliphatic rings. The summed E-state index contributed by atoms with van der Waals surface area (Å²) >= 11 is 0. The molecular weight excluding hydrogens is 214 g/mol. The molecule has 0 saturated heterocycles. The number of fused-ring (bicyclic) bond motifs is 5. The minimum absolute atomic E-state index is 0.224. The third-order valence-corrected chi connectivity index (χ3v) is 3.07. The second-order valence-corrected chi connectivity index (χ2v) is 4.01. The molecule has 1 amide bonds. The summed E-state index contributed by atoms with van der Waals surface area (Å²) < 4.78 is 1.72. The summed E-state index contributed by atoms with van der Waals surface area (Å²) in [4.78, 5) is 20.0. The van der Waals surface area contributed by atoms with E-state index in [1.54, 1.807) is 4.57 Å². The van der Waals surface area contributed by atoms with Crippen molar-refractivity contribution in [3.63, 3.8) is 0 Å². The van der Waals surface area contributed by atoms with Gasteiger partial charge < -0.3 is 4.57 Å². The molecular formula is C13H7N3O. The van der Waals surface area contributed by atoms with Crippen molar-refractivity contribution in [3.8, 4) is 11.3 Å². The summed E-state index contributed by atoms with van der Waals surface area (Å²) in [5, 5.41) is 1.07. The standard InChI is InChI=1S/C13H7N3O/c17-13-12-11-9(5-6-16(12)7-14-13)8-3-1-2-4-10(8)15-11/h1-7H. The average Bonchev–Trinajstić information content (AvgIpc) is 2.90. The van der Waals surface area contributed by atoms with Gasteiger partial charge >= 0.3 is 0 Å². The second-order valence-electron chi connectivity index (χ2n) is 4.01. The zero-order valence-corrected chi connectivity index (χ0v) is 8.79. The molecule has 1 aromatic carbocycles. The molecule has 0 radical (unpaired) electrons. The molecule has 4 nitrogen and oxygen atoms in total. The van der Waals surface area contributed by atoms with Crippen molar-refractivity contribution < 1.29 is 4.79 Å². The summed E-state index contributed by atoms with van der Waals surface area (Å²) in [7, 11) is 0. The Kier molecular flexibility index (Phi) is 1.42. The van der Waals surface area contributed by atoms with Crippen LogP contribution in [0.25, 0.3) is 22.2 Å². The van der Waals surface area contributed by atoms with Gasteiger partial charge in [0.2, 0.25) is 0 Å². The fourth-order valence-electron chi connectivity index (χ4n) is 2.29. The topological polar surface area (TPSA) is 47.2 Å². The SMILES string of the molecule is O=C1N=Cn2ccc3c4ccccc4nc-3c21. The highest BCUT2D eigenvalue weighted by Gasteiger charge is 2.24. The van der Waals surface area contributed by atoms with Crippen LogP contribution in [0, 0.1) is 0 Å². The first-order valence-electron chi connectivity index (χ1n) is 5.32. The number of amides is 1. The summed E-state index contributed by atoms with van der Waals surface area (Å²) in [6, 6.07) is 9.86. The fraction of sp³-hybridized carbons (Fsp3) is 0. The van der Waals surface area contributed by atoms with Crippen LogP contribution in [0.2, 0.25) is 0 Å². The zero-order chi connectivity index (χ0) is 11.4. The van der Waals surface area contributed by atoms with E-state index in [9.17, 15) is 4.79 Å². The van der Waals surface area contributed by atoms with Gasteiger partial charge in [-0.3, -0.25) is 4.79 Å². The predicted octanol–water partition coefficient (Wildman–Crippen LogP) is 2.17. The highest BCUT2D eigenvalue weighted by Crippen LogP contribution is 2.34. The number of aliphatic imine (C=N–C) groups is 1. The number of hydrogen-bond donors (Lipinski definition) is 0. The first kappa shape index (κ1) is 8.64. The van der Waals surface area contributed by atoms with Crippen molar-refractivity contribution in [2.75, 3.05) is 0 Å². The van der Waals surface area contributed by atoms with Gasteiger partial charge in [-0.15, -0.1) is 0 Å². The van der Waals surface area contributed by atoms with Crippen molar-refractivity contribution in [2.45, 2.75) is 0 Å². The van der Waals surface area contributed by atoms with Crippen LogP contribution in [-0.4, -0.2) is 21.8 Å². The molecule has 3 aliphatic heterocycles. The van der Waals surface area contributed by atoms with Crippen LogP contribution in [0.4, 0.5) is 0 Å². The molecule has 17 heavy (non-hydrogen) atoms. The molecule has 0 N–H and O–H groups in total. The van der Waals surface area contributed by atoms with Crippen LogP contribution in [0.15, 0.2) is 41.5 Å². The number of para-hydroxylation sites is 1. The molecule has 0 fully saturated rings. The number of pyridine rings is 1. The van der Waals surface area contributed by atoms with E-state index >= 15 is 0 Å². The summed E-state index contributed by atoms with van der Waals surface area (Å²) in [5.41, 5.74) is 3.21. The van der Waals surface area contributed by atoms with E-state index in [2.05, 4.69) is 9.98 Å². The van der Waals surface area contributed by atoms with Crippen molar-refractivity contribution in [1.82, 2.24) is 9.55 Å². The Hall–Kier alpha value is -2.49. The predicted molar refractivity (Wildman–Crippen MR) is 64.6 cm³/mol. The first-order valence-corrected chi connectivity index (χ1v) is 5.32. The highest BCUT2D eigenvalue weighted by atomic mass is 16.1. The lowest BCUT2D eigenvalue weighted by atomic mass is 10.1. The third kappa shape index (κ3) is 0.990. The van der Waals surface area contributed by atoms with E-state index < -0.39 is 0 Å². The molecule has 1 aromatic rings. The monoisotopic (exact) mass is 221 g/mol. The number of aromatic nitrogens is 2. The van der Waals surface area contributed by atoms with Gasteiger partial charge in [0, 0.05) is 17.1 Å². The molecule has 3 heterocycles. The molecule has 0 aliphatic carbocycles. The summed E-state index contributed by atoms with van der Waals surface area (Å²) in [5.74, 6) is -0.224. The number of carbonyl (C=O) groups is 1. The maximum atomic E-state index is 11.7. The zero-order valence-electron chi connectivity index (χ0n) is 8.79. The number of rotatable bonds is 0. The van der Waals surface area contributed by atoms with Gasteiger partial charge in [0.1, 0.15) is 17.7 Å². The molecule has 80 valence electrons. The largest absolute Gasteiger partial charge is 0.301 e. The molecule has 0 saturated carbocycles. The highest BCUT2D eigenvalue weighted by molar-refractivity contribution is 6.11. The van der Waals surface area contributed by atoms with E-state index in [0.717, 1.165) is 22.2 Å². The maximum Gasteiger partial charge on any atom is 0.297 e. The van der Waals surface area contributed by atoms with Crippen LogP contribution in [0.3, 0.4) is 0 Å². The van der Waals surface area contributed by atoms with Crippen molar-refractivity contribution in [2.24, 2.45) is 4.99 Å². The lowest BCUT2D eigenvalue weighted by Gasteiger charge is -2.04. The van der Waals surface area contributed by atoms with Crippen LogP contribution in [0.1, 0.15) is 10.5 Å². The Balaban J connectivity index is 2.21. The van der Waals surface area contributed by atoms with E-state index in [4.69, 9.17) is 0 Å². The van der Waals surface area contributed by atoms with Crippen molar-refractivity contribution in [3.05, 3.63) is 42.2 Å². The fourth-order valence-corrected chi connectivity index (χ4v) is 2.29. The van der Waals surface area contributed by atoms with Gasteiger partial charge in [0.05, 0.1) is 5.52 Å². The smallest absolute Gasteiger partial charge is 0.297 e. The van der Waals surface area contributed by atoms with Crippen molar-refractivity contribution >= 4 is 23.1 Å². The van der Waals surface area contributed by atoms with Crippen molar-refractivity contribution in [1.29, 1.82) is 0 Å². The van der Waals surface area contributed by atoms with Gasteiger partial charge in [-0.2, -0.15) is 4.99 Å². The Bertz CT molecular complexity index is 770. The van der Waals surface area contributed by atoms with E-state index in [-0.39, 0.29) is 5.91 Å². The Morgan fingerprint density at radius 2 is 2.00 bits per heavy atom. The van der Waals surface area contributed by atoms with Crippen LogP contribution < -0.4 is 0 Å². The third-order valence-electron chi connectivity index (χ3n) is 3.07. The van der Waals surface area contributed by atoms with Crippen LogP contribution in [0.5, 0.6) is 0 Å². The number of carbonyl (C=O) groups excluding carboxylic acids is 1. The van der Waals surface area contributed by atoms with Crippen LogP contribution >= 0.6 is 0 Å². The Morgan fingerprint density at radius 3 is 2.94 bits per heavy atom. The lowest BCUT2D eigenvalue weighted by Crippen LogP contribution is -2.04. The molecule has 4 rings (SSSR count). The summed E-state index contributed by atoms with van der Waals surface area (Å²) in [6.45, 7) is 0. The molecule has 0 aromatic heterocycles. The minimum atomic E-state index is -0.224. The minimum Gasteiger partial charge on any atom is -0.301 e. The quantitative estimate of drug-likeness (QED) is 0.584. The molecule has 0 atom stereocenters. The van der Waals surface area contributed by atoms with Gasteiger partial charge in [-0.1, -0.05) is 18.2 Å².